The summed E-state index contributed by atoms with van der Waals surface area (Å²) < 4.78 is 0. The molecule has 1 atom stereocenters. The third-order valence-electron chi connectivity index (χ3n) is 5.08. The predicted molar refractivity (Wildman–Crippen MR) is 123 cm³/mol. The van der Waals surface area contributed by atoms with E-state index in [2.05, 4.69) is 20.8 Å². The number of benzene rings is 2. The van der Waals surface area contributed by atoms with Gasteiger partial charge in [0.2, 0.25) is 5.01 Å². The van der Waals surface area contributed by atoms with E-state index in [0.29, 0.717) is 34.5 Å². The second kappa shape index (κ2) is 9.45. The first-order chi connectivity index (χ1) is 15.0. The Morgan fingerprint density at radius 2 is 1.90 bits per heavy atom. The Balaban J connectivity index is 1.38. The van der Waals surface area contributed by atoms with E-state index in [1.807, 2.05) is 31.2 Å². The van der Waals surface area contributed by atoms with Crippen LogP contribution in [0, 0.1) is 6.92 Å². The molecule has 1 aliphatic rings. The molecule has 1 unspecified atom stereocenters. The third kappa shape index (κ3) is 5.39. The number of hydrogen-bond acceptors (Lipinski definition) is 5. The Morgan fingerprint density at radius 1 is 1.10 bits per heavy atom. The molecular formula is C22H22ClN5O2S. The van der Waals surface area contributed by atoms with Gasteiger partial charge in [-0.1, -0.05) is 46.7 Å². The van der Waals surface area contributed by atoms with Crippen molar-refractivity contribution >= 4 is 46.3 Å². The van der Waals surface area contributed by atoms with Gasteiger partial charge in [0.15, 0.2) is 0 Å². The Hall–Kier alpha value is -2.97. The average molecular weight is 456 g/mol. The van der Waals surface area contributed by atoms with Gasteiger partial charge < -0.3 is 15.5 Å². The van der Waals surface area contributed by atoms with Gasteiger partial charge in [-0.15, -0.1) is 10.2 Å². The summed E-state index contributed by atoms with van der Waals surface area (Å²) in [5, 5.41) is 15.7. The van der Waals surface area contributed by atoms with Gasteiger partial charge in [0.1, 0.15) is 5.01 Å². The van der Waals surface area contributed by atoms with E-state index >= 15 is 0 Å². The summed E-state index contributed by atoms with van der Waals surface area (Å²) in [5.74, 6) is -0.226. The quantitative estimate of drug-likeness (QED) is 0.568. The van der Waals surface area contributed by atoms with Gasteiger partial charge in [0.05, 0.1) is 0 Å². The Morgan fingerprint density at radius 3 is 2.68 bits per heavy atom. The Kier molecular flexibility index (Phi) is 6.48. The van der Waals surface area contributed by atoms with Gasteiger partial charge in [-0.25, -0.2) is 4.79 Å². The first-order valence-electron chi connectivity index (χ1n) is 10.0. The molecule has 4 rings (SSSR count). The highest BCUT2D eigenvalue weighted by Gasteiger charge is 2.28. The summed E-state index contributed by atoms with van der Waals surface area (Å²) in [6, 6.07) is 14.5. The summed E-state index contributed by atoms with van der Waals surface area (Å²) in [7, 11) is 0. The minimum absolute atomic E-state index is 0.0530. The molecule has 160 valence electrons. The number of likely N-dealkylation sites (tertiary alicyclic amines) is 1. The van der Waals surface area contributed by atoms with Gasteiger partial charge >= 0.3 is 6.03 Å². The molecule has 0 spiro atoms. The third-order valence-corrected chi connectivity index (χ3v) is 6.40. The highest BCUT2D eigenvalue weighted by atomic mass is 35.5. The summed E-state index contributed by atoms with van der Waals surface area (Å²) in [5.41, 5.74) is 2.50. The number of carbonyl (C=O) groups is 2. The van der Waals surface area contributed by atoms with E-state index in [0.717, 1.165) is 23.4 Å². The lowest BCUT2D eigenvalue weighted by Crippen LogP contribution is -2.41. The standard InChI is InChI=1S/C22H22ClN5O2S/c1-14-7-9-17(10-8-14)24-19(29)21-27-26-20(31-21)15-4-3-11-28(13-15)22(30)25-18-6-2-5-16(23)12-18/h2,5-10,12,15H,3-4,11,13H2,1H3,(H,24,29)(H,25,30). The van der Waals surface area contributed by atoms with E-state index in [4.69, 9.17) is 11.6 Å². The first kappa shape index (κ1) is 21.3. The van der Waals surface area contributed by atoms with Gasteiger partial charge in [-0.05, 0) is 50.1 Å². The first-order valence-corrected chi connectivity index (χ1v) is 11.2. The zero-order valence-electron chi connectivity index (χ0n) is 17.0. The Labute approximate surface area is 189 Å². The molecule has 2 aromatic carbocycles. The summed E-state index contributed by atoms with van der Waals surface area (Å²) in [6.45, 7) is 3.19. The zero-order chi connectivity index (χ0) is 21.8. The summed E-state index contributed by atoms with van der Waals surface area (Å²) in [4.78, 5) is 26.9. The molecule has 0 bridgehead atoms. The minimum Gasteiger partial charge on any atom is -0.324 e. The lowest BCUT2D eigenvalue weighted by atomic mass is 9.99. The highest BCUT2D eigenvalue weighted by Crippen LogP contribution is 2.30. The predicted octanol–water partition coefficient (Wildman–Crippen LogP) is 5.16. The number of rotatable bonds is 4. The number of aryl methyl sites for hydroxylation is 1. The molecule has 1 aliphatic heterocycles. The van der Waals surface area contributed by atoms with Crippen LogP contribution in [0.3, 0.4) is 0 Å². The van der Waals surface area contributed by atoms with Crippen LogP contribution in [-0.4, -0.2) is 40.1 Å². The molecule has 1 saturated heterocycles. The maximum absolute atomic E-state index is 12.7. The van der Waals surface area contributed by atoms with Crippen molar-refractivity contribution in [1.29, 1.82) is 0 Å². The number of anilines is 2. The number of aromatic nitrogens is 2. The fourth-order valence-electron chi connectivity index (χ4n) is 3.44. The van der Waals surface area contributed by atoms with Crippen LogP contribution in [0.4, 0.5) is 16.2 Å². The molecule has 0 saturated carbocycles. The number of amides is 3. The van der Waals surface area contributed by atoms with Crippen molar-refractivity contribution < 1.29 is 9.59 Å². The normalized spacial score (nSPS) is 16.1. The van der Waals surface area contributed by atoms with E-state index in [1.165, 1.54) is 11.3 Å². The molecular weight excluding hydrogens is 434 g/mol. The number of nitrogens with zero attached hydrogens (tertiary/aromatic N) is 3. The van der Waals surface area contributed by atoms with E-state index in [-0.39, 0.29) is 17.9 Å². The summed E-state index contributed by atoms with van der Waals surface area (Å²) in [6.07, 6.45) is 1.76. The van der Waals surface area contributed by atoms with Crippen LogP contribution in [0.15, 0.2) is 48.5 Å². The van der Waals surface area contributed by atoms with Crippen LogP contribution in [0.5, 0.6) is 0 Å². The number of piperidine rings is 1. The average Bonchev–Trinajstić information content (AvgIpc) is 3.26. The second-order valence-corrected chi connectivity index (χ2v) is 8.94. The van der Waals surface area contributed by atoms with Crippen LogP contribution in [0.2, 0.25) is 5.02 Å². The lowest BCUT2D eigenvalue weighted by molar-refractivity contribution is 0.102. The number of urea groups is 1. The molecule has 7 nitrogen and oxygen atoms in total. The van der Waals surface area contributed by atoms with Crippen LogP contribution in [0.1, 0.15) is 39.1 Å². The monoisotopic (exact) mass is 455 g/mol. The van der Waals surface area contributed by atoms with Crippen molar-refractivity contribution in [1.82, 2.24) is 15.1 Å². The van der Waals surface area contributed by atoms with Gasteiger partial charge in [0, 0.05) is 35.4 Å². The van der Waals surface area contributed by atoms with Gasteiger partial charge in [0.25, 0.3) is 5.91 Å². The van der Waals surface area contributed by atoms with Crippen molar-refractivity contribution in [2.24, 2.45) is 0 Å². The van der Waals surface area contributed by atoms with Crippen LogP contribution in [0.25, 0.3) is 0 Å². The van der Waals surface area contributed by atoms with E-state index in [1.54, 1.807) is 29.2 Å². The Bertz CT molecular complexity index is 1090. The van der Waals surface area contributed by atoms with Crippen LogP contribution >= 0.6 is 22.9 Å². The number of carbonyl (C=O) groups excluding carboxylic acids is 2. The van der Waals surface area contributed by atoms with Crippen LogP contribution in [-0.2, 0) is 0 Å². The lowest BCUT2D eigenvalue weighted by Gasteiger charge is -2.31. The number of halogens is 1. The molecule has 3 aromatic rings. The summed E-state index contributed by atoms with van der Waals surface area (Å²) >= 11 is 7.27. The SMILES string of the molecule is Cc1ccc(NC(=O)c2nnc(C3CCCN(C(=O)Nc4cccc(Cl)c4)C3)s2)cc1. The molecule has 0 radical (unpaired) electrons. The van der Waals surface area contributed by atoms with Crippen LogP contribution < -0.4 is 10.6 Å². The molecule has 1 fully saturated rings. The van der Waals surface area contributed by atoms with Gasteiger partial charge in [-0.3, -0.25) is 4.79 Å². The molecule has 0 aliphatic carbocycles. The molecule has 3 amide bonds. The second-order valence-electron chi connectivity index (χ2n) is 7.49. The topological polar surface area (TPSA) is 87.2 Å². The number of hydrogen-bond donors (Lipinski definition) is 2. The maximum Gasteiger partial charge on any atom is 0.321 e. The van der Waals surface area contributed by atoms with Crippen molar-refractivity contribution in [3.63, 3.8) is 0 Å². The van der Waals surface area contributed by atoms with E-state index < -0.39 is 0 Å². The fourth-order valence-corrected chi connectivity index (χ4v) is 4.50. The van der Waals surface area contributed by atoms with Gasteiger partial charge in [-0.2, -0.15) is 0 Å². The number of nitrogens with one attached hydrogen (secondary N) is 2. The fraction of sp³-hybridized carbons (Fsp3) is 0.273. The smallest absolute Gasteiger partial charge is 0.321 e. The maximum atomic E-state index is 12.7. The highest BCUT2D eigenvalue weighted by molar-refractivity contribution is 7.13. The van der Waals surface area contributed by atoms with Crippen molar-refractivity contribution in [3.8, 4) is 0 Å². The zero-order valence-corrected chi connectivity index (χ0v) is 18.5. The largest absolute Gasteiger partial charge is 0.324 e. The molecule has 1 aromatic heterocycles. The van der Waals surface area contributed by atoms with Crippen molar-refractivity contribution in [2.45, 2.75) is 25.7 Å². The van der Waals surface area contributed by atoms with Crippen molar-refractivity contribution in [2.75, 3.05) is 23.7 Å². The molecule has 2 N–H and O–H groups in total. The van der Waals surface area contributed by atoms with Crippen molar-refractivity contribution in [3.05, 3.63) is 69.1 Å². The minimum atomic E-state index is -0.279. The molecule has 2 heterocycles. The molecule has 9 heteroatoms. The molecule has 31 heavy (non-hydrogen) atoms. The van der Waals surface area contributed by atoms with E-state index in [9.17, 15) is 9.59 Å².